The predicted molar refractivity (Wildman–Crippen MR) is 181 cm³/mol. The van der Waals surface area contributed by atoms with Crippen LogP contribution in [0.4, 0.5) is 10.6 Å². The summed E-state index contributed by atoms with van der Waals surface area (Å²) in [6, 6.07) is 25.2. The molecular formula is C37H41N7O3. The van der Waals surface area contributed by atoms with Crippen molar-refractivity contribution in [2.24, 2.45) is 0 Å². The van der Waals surface area contributed by atoms with Crippen molar-refractivity contribution in [3.63, 3.8) is 0 Å². The molecule has 3 aliphatic heterocycles. The van der Waals surface area contributed by atoms with Crippen LogP contribution in [0.1, 0.15) is 35.2 Å². The van der Waals surface area contributed by atoms with Gasteiger partial charge < -0.3 is 24.1 Å². The SMILES string of the molecule is [C-]#[N+]C[C@H]1CN(c2nc(OC[C@@H]3CCCN3C)nc3c2CN(Cc2ccc4ccccc4c2)C3)CCN1C(=O)OCc1ccccc1. The van der Waals surface area contributed by atoms with Gasteiger partial charge in [0.05, 0.1) is 5.69 Å². The molecule has 2 fully saturated rings. The van der Waals surface area contributed by atoms with Crippen molar-refractivity contribution < 1.29 is 14.3 Å². The zero-order valence-corrected chi connectivity index (χ0v) is 26.9. The number of piperazine rings is 1. The second-order valence-electron chi connectivity index (χ2n) is 12.8. The lowest BCUT2D eigenvalue weighted by Gasteiger charge is -2.39. The lowest BCUT2D eigenvalue weighted by atomic mass is 10.1. The number of carbonyl (C=O) groups is 1. The van der Waals surface area contributed by atoms with Crippen LogP contribution >= 0.6 is 0 Å². The summed E-state index contributed by atoms with van der Waals surface area (Å²) in [5.41, 5.74) is 4.27. The van der Waals surface area contributed by atoms with Gasteiger partial charge in [0.15, 0.2) is 0 Å². The van der Waals surface area contributed by atoms with Crippen molar-refractivity contribution in [1.82, 2.24) is 24.7 Å². The minimum Gasteiger partial charge on any atom is -0.462 e. The van der Waals surface area contributed by atoms with Crippen LogP contribution in [0.5, 0.6) is 6.01 Å². The van der Waals surface area contributed by atoms with Gasteiger partial charge >= 0.3 is 12.1 Å². The molecule has 0 unspecified atom stereocenters. The van der Waals surface area contributed by atoms with Gasteiger partial charge in [-0.25, -0.2) is 11.4 Å². The summed E-state index contributed by atoms with van der Waals surface area (Å²) in [5, 5.41) is 2.47. The molecule has 7 rings (SSSR count). The molecule has 4 heterocycles. The fraction of sp³-hybridized carbons (Fsp3) is 0.405. The molecule has 1 aromatic heterocycles. The monoisotopic (exact) mass is 631 g/mol. The third-order valence-corrected chi connectivity index (χ3v) is 9.63. The maximum atomic E-state index is 13.2. The molecule has 47 heavy (non-hydrogen) atoms. The number of likely N-dealkylation sites (N-methyl/N-ethyl adjacent to an activating group) is 1. The number of aromatic nitrogens is 2. The van der Waals surface area contributed by atoms with E-state index in [2.05, 4.69) is 69.1 Å². The number of rotatable bonds is 9. The van der Waals surface area contributed by atoms with Crippen molar-refractivity contribution >= 4 is 22.7 Å². The van der Waals surface area contributed by atoms with Gasteiger partial charge in [0, 0.05) is 50.9 Å². The Bertz CT molecular complexity index is 1760. The molecule has 0 radical (unpaired) electrons. The Hall–Kier alpha value is -4.72. The summed E-state index contributed by atoms with van der Waals surface area (Å²) in [5.74, 6) is 0.845. The number of carbonyl (C=O) groups excluding carboxylic acids is 1. The van der Waals surface area contributed by atoms with Crippen LogP contribution in [0.3, 0.4) is 0 Å². The molecule has 0 spiro atoms. The smallest absolute Gasteiger partial charge is 0.410 e. The molecule has 0 bridgehead atoms. The van der Waals surface area contributed by atoms with Gasteiger partial charge in [-0.05, 0) is 54.4 Å². The number of hydrogen-bond acceptors (Lipinski definition) is 8. The first-order valence-electron chi connectivity index (χ1n) is 16.5. The Kier molecular flexibility index (Phi) is 9.18. The van der Waals surface area contributed by atoms with Crippen molar-refractivity contribution in [2.45, 2.75) is 51.2 Å². The highest BCUT2D eigenvalue weighted by molar-refractivity contribution is 5.83. The summed E-state index contributed by atoms with van der Waals surface area (Å²) >= 11 is 0. The Morgan fingerprint density at radius 3 is 2.57 bits per heavy atom. The zero-order valence-electron chi connectivity index (χ0n) is 26.9. The lowest BCUT2D eigenvalue weighted by molar-refractivity contribution is 0.0788. The Balaban J connectivity index is 1.10. The van der Waals surface area contributed by atoms with Gasteiger partial charge in [0.25, 0.3) is 0 Å². The average molecular weight is 632 g/mol. The van der Waals surface area contributed by atoms with E-state index in [1.54, 1.807) is 4.90 Å². The number of ether oxygens (including phenoxy) is 2. The van der Waals surface area contributed by atoms with E-state index >= 15 is 0 Å². The lowest BCUT2D eigenvalue weighted by Crippen LogP contribution is -2.56. The second kappa shape index (κ2) is 14.0. The largest absolute Gasteiger partial charge is 0.462 e. The highest BCUT2D eigenvalue weighted by Crippen LogP contribution is 2.34. The fourth-order valence-corrected chi connectivity index (χ4v) is 7.02. The minimum absolute atomic E-state index is 0.190. The Labute approximate surface area is 276 Å². The van der Waals surface area contributed by atoms with E-state index in [0.717, 1.165) is 48.7 Å². The van der Waals surface area contributed by atoms with Crippen molar-refractivity contribution in [3.8, 4) is 6.01 Å². The predicted octanol–water partition coefficient (Wildman–Crippen LogP) is 5.37. The summed E-state index contributed by atoms with van der Waals surface area (Å²) in [6.45, 7) is 13.4. The molecular weight excluding hydrogens is 590 g/mol. The van der Waals surface area contributed by atoms with E-state index in [1.165, 1.54) is 22.8 Å². The van der Waals surface area contributed by atoms with Gasteiger partial charge in [-0.2, -0.15) is 9.97 Å². The fourth-order valence-electron chi connectivity index (χ4n) is 7.02. The maximum Gasteiger partial charge on any atom is 0.410 e. The van der Waals surface area contributed by atoms with Crippen molar-refractivity contribution in [1.29, 1.82) is 0 Å². The van der Waals surface area contributed by atoms with Gasteiger partial charge in [0.1, 0.15) is 25.1 Å². The van der Waals surface area contributed by atoms with E-state index in [0.29, 0.717) is 44.8 Å². The van der Waals surface area contributed by atoms with Gasteiger partial charge in [0.2, 0.25) is 6.54 Å². The number of benzene rings is 3. The Morgan fingerprint density at radius 1 is 0.936 bits per heavy atom. The molecule has 10 nitrogen and oxygen atoms in total. The number of nitrogens with zero attached hydrogens (tertiary/aromatic N) is 7. The molecule has 0 aliphatic carbocycles. The van der Waals surface area contributed by atoms with Crippen molar-refractivity contribution in [3.05, 3.63) is 107 Å². The number of amides is 1. The van der Waals surface area contributed by atoms with E-state index in [-0.39, 0.29) is 25.3 Å². The average Bonchev–Trinajstić information content (AvgIpc) is 3.71. The standard InChI is InChI=1S/C37H41N7O3/c1-38-20-32-22-43(17-18-44(32)37(45)47-25-27-9-4-3-5-10-27)35-33-23-42(21-28-14-15-29-11-6-7-12-30(29)19-28)24-34(33)39-36(40-35)46-26-31-13-8-16-41(31)2/h3-7,9-12,14-15,19,31-32H,8,13,16-18,20-26H2,2H3/t31-,32-/m0/s1. The zero-order chi connectivity index (χ0) is 32.2. The first kappa shape index (κ1) is 30.9. The van der Waals surface area contributed by atoms with Crippen LogP contribution in [0.25, 0.3) is 15.6 Å². The molecule has 2 saturated heterocycles. The van der Waals surface area contributed by atoms with Crippen LogP contribution in [0.15, 0.2) is 72.8 Å². The number of likely N-dealkylation sites (tertiary alicyclic amines) is 1. The van der Waals surface area contributed by atoms with Crippen LogP contribution in [-0.2, 0) is 31.0 Å². The highest BCUT2D eigenvalue weighted by Gasteiger charge is 2.37. The summed E-state index contributed by atoms with van der Waals surface area (Å²) in [7, 11) is 2.14. The third-order valence-electron chi connectivity index (χ3n) is 9.63. The third kappa shape index (κ3) is 7.02. The van der Waals surface area contributed by atoms with Gasteiger partial charge in [-0.1, -0.05) is 66.7 Å². The van der Waals surface area contributed by atoms with Gasteiger partial charge in [-0.15, -0.1) is 0 Å². The molecule has 1 amide bonds. The van der Waals surface area contributed by atoms with E-state index in [4.69, 9.17) is 26.0 Å². The second-order valence-corrected chi connectivity index (χ2v) is 12.8. The molecule has 0 N–H and O–H groups in total. The van der Waals surface area contributed by atoms with E-state index in [1.807, 2.05) is 30.3 Å². The molecule has 10 heteroatoms. The maximum absolute atomic E-state index is 13.2. The first-order valence-corrected chi connectivity index (χ1v) is 16.5. The van der Waals surface area contributed by atoms with E-state index in [9.17, 15) is 4.79 Å². The Morgan fingerprint density at radius 2 is 1.77 bits per heavy atom. The van der Waals surface area contributed by atoms with Crippen LogP contribution in [0.2, 0.25) is 0 Å². The summed E-state index contributed by atoms with van der Waals surface area (Å²) in [4.78, 5) is 35.5. The number of fused-ring (bicyclic) bond motifs is 2. The topological polar surface area (TPSA) is 78.6 Å². The number of anilines is 1. The minimum atomic E-state index is -0.388. The summed E-state index contributed by atoms with van der Waals surface area (Å²) < 4.78 is 12.0. The normalized spacial score (nSPS) is 19.9. The first-order chi connectivity index (χ1) is 23.0. The quantitative estimate of drug-likeness (QED) is 0.229. The van der Waals surface area contributed by atoms with Crippen LogP contribution < -0.4 is 9.64 Å². The molecule has 0 saturated carbocycles. The molecule has 3 aromatic carbocycles. The molecule has 4 aromatic rings. The van der Waals surface area contributed by atoms with Crippen LogP contribution in [0, 0.1) is 6.57 Å². The summed E-state index contributed by atoms with van der Waals surface area (Å²) in [6.07, 6.45) is 1.89. The van der Waals surface area contributed by atoms with Crippen LogP contribution in [-0.4, -0.2) is 89.2 Å². The molecule has 2 atom stereocenters. The number of hydrogen-bond donors (Lipinski definition) is 0. The van der Waals surface area contributed by atoms with Crippen molar-refractivity contribution in [2.75, 3.05) is 51.3 Å². The highest BCUT2D eigenvalue weighted by atomic mass is 16.6. The van der Waals surface area contributed by atoms with Gasteiger partial charge in [-0.3, -0.25) is 9.80 Å². The molecule has 242 valence electrons. The molecule has 3 aliphatic rings. The van der Waals surface area contributed by atoms with E-state index < -0.39 is 0 Å².